The van der Waals surface area contributed by atoms with Crippen LogP contribution in [0.3, 0.4) is 0 Å². The van der Waals surface area contributed by atoms with Crippen LogP contribution in [-0.2, 0) is 0 Å². The number of thioether (sulfide) groups is 1. The van der Waals surface area contributed by atoms with Crippen molar-refractivity contribution < 1.29 is 9.84 Å². The van der Waals surface area contributed by atoms with Crippen molar-refractivity contribution in [3.05, 3.63) is 65.7 Å². The average molecular weight is 354 g/mol. The van der Waals surface area contributed by atoms with Gasteiger partial charge in [0.05, 0.1) is 17.8 Å². The molecular formula is C20H22N2O2S. The molecule has 1 aliphatic rings. The summed E-state index contributed by atoms with van der Waals surface area (Å²) in [6.07, 6.45) is 2.02. The smallest absolute Gasteiger partial charge is 0.149 e. The lowest BCUT2D eigenvalue weighted by molar-refractivity contribution is 0.0950. The van der Waals surface area contributed by atoms with Gasteiger partial charge in [-0.3, -0.25) is 4.99 Å². The minimum Gasteiger partial charge on any atom is -0.497 e. The number of rotatable bonds is 4. The van der Waals surface area contributed by atoms with Crippen molar-refractivity contribution in [1.82, 2.24) is 0 Å². The molecule has 0 radical (unpaired) electrons. The minimum absolute atomic E-state index is 0.615. The number of hydrogen-bond acceptors (Lipinski definition) is 5. The number of aliphatic imine (C=N–C) groups is 1. The first-order valence-electron chi connectivity index (χ1n) is 8.11. The van der Waals surface area contributed by atoms with Gasteiger partial charge in [0.25, 0.3) is 0 Å². The summed E-state index contributed by atoms with van der Waals surface area (Å²) in [6, 6.07) is 17.6. The van der Waals surface area contributed by atoms with Gasteiger partial charge in [-0.15, -0.1) is 11.8 Å². The Labute approximate surface area is 152 Å². The zero-order valence-corrected chi connectivity index (χ0v) is 15.5. The van der Waals surface area contributed by atoms with Gasteiger partial charge in [-0.05, 0) is 56.3 Å². The maximum atomic E-state index is 10.7. The number of para-hydroxylation sites is 1. The van der Waals surface area contributed by atoms with E-state index in [1.54, 1.807) is 18.9 Å². The molecule has 3 rings (SSSR count). The van der Waals surface area contributed by atoms with Crippen LogP contribution < -0.4 is 9.64 Å². The van der Waals surface area contributed by atoms with Crippen molar-refractivity contribution in [2.45, 2.75) is 19.6 Å². The van der Waals surface area contributed by atoms with Gasteiger partial charge in [0.1, 0.15) is 11.5 Å². The second-order valence-corrected chi connectivity index (χ2v) is 7.11. The standard InChI is InChI=1S/C20H22N2O2S/c1-15(21-16-9-11-18(24-3)12-10-16)13-19-22(20(2,23)14-25-19)17-7-5-4-6-8-17/h4-13,23H,14H2,1-3H3/b19-13+,21-15?/t20-/m1/s1. The van der Waals surface area contributed by atoms with E-state index in [0.29, 0.717) is 5.75 Å². The fourth-order valence-electron chi connectivity index (χ4n) is 2.74. The van der Waals surface area contributed by atoms with Crippen LogP contribution >= 0.6 is 11.8 Å². The highest BCUT2D eigenvalue weighted by Gasteiger charge is 2.38. The second kappa shape index (κ2) is 7.33. The minimum atomic E-state index is -0.918. The van der Waals surface area contributed by atoms with Crippen LogP contribution in [0.1, 0.15) is 13.8 Å². The average Bonchev–Trinajstić information content (AvgIpc) is 2.90. The molecule has 5 heteroatoms. The molecule has 1 saturated heterocycles. The SMILES string of the molecule is COc1ccc(N=C(C)/C=C2/SC[C@@](C)(O)N2c2ccccc2)cc1. The summed E-state index contributed by atoms with van der Waals surface area (Å²) < 4.78 is 5.17. The van der Waals surface area contributed by atoms with Gasteiger partial charge in [0, 0.05) is 17.2 Å². The molecule has 1 fully saturated rings. The molecule has 25 heavy (non-hydrogen) atoms. The molecule has 4 nitrogen and oxygen atoms in total. The highest BCUT2D eigenvalue weighted by atomic mass is 32.2. The molecule has 0 aliphatic carbocycles. The summed E-state index contributed by atoms with van der Waals surface area (Å²) in [5.41, 5.74) is 1.81. The fourth-order valence-corrected chi connectivity index (χ4v) is 3.97. The molecule has 1 N–H and O–H groups in total. The Morgan fingerprint density at radius 3 is 2.52 bits per heavy atom. The van der Waals surface area contributed by atoms with Crippen LogP contribution in [0.15, 0.2) is 70.7 Å². The summed E-state index contributed by atoms with van der Waals surface area (Å²) in [4.78, 5) is 6.60. The predicted molar refractivity (Wildman–Crippen MR) is 106 cm³/mol. The van der Waals surface area contributed by atoms with E-state index in [-0.39, 0.29) is 0 Å². The molecule has 1 heterocycles. The van der Waals surface area contributed by atoms with Gasteiger partial charge in [0.15, 0.2) is 0 Å². The zero-order valence-electron chi connectivity index (χ0n) is 14.6. The van der Waals surface area contributed by atoms with Crippen molar-refractivity contribution >= 4 is 28.8 Å². The van der Waals surface area contributed by atoms with E-state index >= 15 is 0 Å². The molecule has 0 aromatic heterocycles. The van der Waals surface area contributed by atoms with E-state index in [1.165, 1.54) is 0 Å². The Morgan fingerprint density at radius 1 is 1.20 bits per heavy atom. The Bertz CT molecular complexity index is 783. The van der Waals surface area contributed by atoms with E-state index in [9.17, 15) is 5.11 Å². The Kier molecular flexibility index (Phi) is 5.16. The zero-order chi connectivity index (χ0) is 17.9. The highest BCUT2D eigenvalue weighted by Crippen LogP contribution is 2.41. The van der Waals surface area contributed by atoms with Gasteiger partial charge in [0.2, 0.25) is 0 Å². The van der Waals surface area contributed by atoms with Crippen molar-refractivity contribution in [2.75, 3.05) is 17.8 Å². The number of allylic oxidation sites excluding steroid dienone is 1. The number of benzene rings is 2. The van der Waals surface area contributed by atoms with Crippen LogP contribution in [0.4, 0.5) is 11.4 Å². The third-order valence-corrected chi connectivity index (χ3v) is 5.21. The van der Waals surface area contributed by atoms with Crippen LogP contribution in [0.5, 0.6) is 5.75 Å². The number of methoxy groups -OCH3 is 1. The first kappa shape index (κ1) is 17.6. The Morgan fingerprint density at radius 2 is 1.88 bits per heavy atom. The van der Waals surface area contributed by atoms with E-state index in [1.807, 2.05) is 79.4 Å². The lowest BCUT2D eigenvalue weighted by Crippen LogP contribution is -2.42. The normalized spacial score (nSPS) is 22.5. The molecule has 0 spiro atoms. The van der Waals surface area contributed by atoms with E-state index in [2.05, 4.69) is 4.99 Å². The molecule has 130 valence electrons. The summed E-state index contributed by atoms with van der Waals surface area (Å²) in [5, 5.41) is 11.7. The topological polar surface area (TPSA) is 45.1 Å². The lowest BCUT2D eigenvalue weighted by atomic mass is 10.2. The Hall–Kier alpha value is -2.24. The largest absolute Gasteiger partial charge is 0.497 e. The highest BCUT2D eigenvalue weighted by molar-refractivity contribution is 8.03. The third-order valence-electron chi connectivity index (χ3n) is 3.92. The second-order valence-electron chi connectivity index (χ2n) is 6.11. The first-order chi connectivity index (χ1) is 12.0. The number of ether oxygens (including phenoxy) is 1. The van der Waals surface area contributed by atoms with E-state index < -0.39 is 5.72 Å². The van der Waals surface area contributed by atoms with Gasteiger partial charge < -0.3 is 14.7 Å². The third kappa shape index (κ3) is 4.06. The molecule has 2 aromatic rings. The van der Waals surface area contributed by atoms with E-state index in [0.717, 1.165) is 27.9 Å². The summed E-state index contributed by atoms with van der Waals surface area (Å²) in [6.45, 7) is 3.80. The monoisotopic (exact) mass is 354 g/mol. The van der Waals surface area contributed by atoms with Crippen molar-refractivity contribution in [3.63, 3.8) is 0 Å². The quantitative estimate of drug-likeness (QED) is 0.816. The van der Waals surface area contributed by atoms with Crippen molar-refractivity contribution in [3.8, 4) is 5.75 Å². The van der Waals surface area contributed by atoms with Gasteiger partial charge in [-0.2, -0.15) is 0 Å². The van der Waals surface area contributed by atoms with E-state index in [4.69, 9.17) is 4.74 Å². The van der Waals surface area contributed by atoms with Crippen molar-refractivity contribution in [2.24, 2.45) is 4.99 Å². The van der Waals surface area contributed by atoms with Gasteiger partial charge in [-0.1, -0.05) is 18.2 Å². The predicted octanol–water partition coefficient (Wildman–Crippen LogP) is 4.59. The summed E-state index contributed by atoms with van der Waals surface area (Å²) in [5.74, 6) is 1.43. The molecule has 1 atom stereocenters. The first-order valence-corrected chi connectivity index (χ1v) is 9.10. The Balaban J connectivity index is 1.88. The molecule has 0 saturated carbocycles. The number of nitrogens with zero attached hydrogens (tertiary/aromatic N) is 2. The lowest BCUT2D eigenvalue weighted by Gasteiger charge is -2.31. The molecule has 0 bridgehead atoms. The van der Waals surface area contributed by atoms with Gasteiger partial charge in [-0.25, -0.2) is 0 Å². The van der Waals surface area contributed by atoms with Crippen LogP contribution in [0.25, 0.3) is 0 Å². The molecular weight excluding hydrogens is 332 g/mol. The van der Waals surface area contributed by atoms with Crippen LogP contribution in [0.2, 0.25) is 0 Å². The van der Waals surface area contributed by atoms with Crippen molar-refractivity contribution in [1.29, 1.82) is 0 Å². The maximum absolute atomic E-state index is 10.7. The number of hydrogen-bond donors (Lipinski definition) is 1. The molecule has 1 aliphatic heterocycles. The fraction of sp³-hybridized carbons (Fsp3) is 0.250. The van der Waals surface area contributed by atoms with Crippen LogP contribution in [0, 0.1) is 0 Å². The molecule has 0 amide bonds. The summed E-state index contributed by atoms with van der Waals surface area (Å²) in [7, 11) is 1.65. The maximum Gasteiger partial charge on any atom is 0.149 e. The number of aliphatic hydroxyl groups is 1. The molecule has 0 unspecified atom stereocenters. The molecule has 2 aromatic carbocycles. The van der Waals surface area contributed by atoms with Gasteiger partial charge >= 0.3 is 0 Å². The van der Waals surface area contributed by atoms with Crippen LogP contribution in [-0.4, -0.2) is 29.4 Å². The summed E-state index contributed by atoms with van der Waals surface area (Å²) >= 11 is 1.63. The number of anilines is 1.